The molecule has 0 fully saturated rings. The SMILES string of the molecule is COc1cc([C@@H]2c3c(oc4cc(C)c(Cl)cc4c3=O)C(=O)N2Cc2ccc(F)cc2)ccc1O. The molecule has 0 aliphatic carbocycles. The van der Waals surface area contributed by atoms with Crippen LogP contribution in [0.4, 0.5) is 4.39 Å². The van der Waals surface area contributed by atoms with Gasteiger partial charge in [0.1, 0.15) is 11.4 Å². The van der Waals surface area contributed by atoms with Gasteiger partial charge >= 0.3 is 0 Å². The van der Waals surface area contributed by atoms with Crippen LogP contribution >= 0.6 is 11.6 Å². The highest BCUT2D eigenvalue weighted by atomic mass is 35.5. The van der Waals surface area contributed by atoms with Gasteiger partial charge in [0.25, 0.3) is 5.91 Å². The van der Waals surface area contributed by atoms with Gasteiger partial charge in [0.05, 0.1) is 24.1 Å². The highest BCUT2D eigenvalue weighted by Crippen LogP contribution is 2.41. The number of carbonyl (C=O) groups is 1. The Morgan fingerprint density at radius 1 is 1.12 bits per heavy atom. The molecule has 0 radical (unpaired) electrons. The van der Waals surface area contributed by atoms with E-state index in [-0.39, 0.29) is 45.8 Å². The van der Waals surface area contributed by atoms with Crippen LogP contribution in [0.3, 0.4) is 0 Å². The molecule has 172 valence electrons. The van der Waals surface area contributed by atoms with E-state index in [1.807, 2.05) is 0 Å². The lowest BCUT2D eigenvalue weighted by Crippen LogP contribution is -2.29. The molecule has 1 N–H and O–H groups in total. The zero-order valence-corrected chi connectivity index (χ0v) is 19.0. The van der Waals surface area contributed by atoms with E-state index in [4.69, 9.17) is 20.8 Å². The van der Waals surface area contributed by atoms with Gasteiger partial charge in [0, 0.05) is 11.6 Å². The molecule has 6 nitrogen and oxygen atoms in total. The smallest absolute Gasteiger partial charge is 0.291 e. The summed E-state index contributed by atoms with van der Waals surface area (Å²) in [4.78, 5) is 28.7. The van der Waals surface area contributed by atoms with E-state index in [1.165, 1.54) is 30.2 Å². The van der Waals surface area contributed by atoms with E-state index < -0.39 is 17.8 Å². The average Bonchev–Trinajstić information content (AvgIpc) is 3.09. The zero-order chi connectivity index (χ0) is 24.1. The molecule has 2 heterocycles. The molecule has 0 unspecified atom stereocenters. The zero-order valence-electron chi connectivity index (χ0n) is 18.3. The van der Waals surface area contributed by atoms with Crippen molar-refractivity contribution >= 4 is 28.5 Å². The summed E-state index contributed by atoms with van der Waals surface area (Å²) >= 11 is 6.27. The fraction of sp³-hybridized carbons (Fsp3) is 0.154. The Labute approximate surface area is 198 Å². The van der Waals surface area contributed by atoms with Gasteiger partial charge in [-0.15, -0.1) is 0 Å². The summed E-state index contributed by atoms with van der Waals surface area (Å²) in [5.74, 6) is -0.797. The Kier molecular flexibility index (Phi) is 5.29. The summed E-state index contributed by atoms with van der Waals surface area (Å²) in [6.45, 7) is 1.88. The lowest BCUT2D eigenvalue weighted by Gasteiger charge is -2.25. The number of rotatable bonds is 4. The number of aryl methyl sites for hydroxylation is 1. The minimum atomic E-state index is -0.817. The van der Waals surface area contributed by atoms with Crippen molar-refractivity contribution < 1.29 is 23.4 Å². The summed E-state index contributed by atoms with van der Waals surface area (Å²) in [5.41, 5.74) is 2.01. The first-order chi connectivity index (χ1) is 16.3. The number of fused-ring (bicyclic) bond motifs is 2. The predicted octanol–water partition coefficient (Wildman–Crippen LogP) is 5.35. The number of methoxy groups -OCH3 is 1. The Balaban J connectivity index is 1.74. The van der Waals surface area contributed by atoms with Crippen LogP contribution in [0.2, 0.25) is 5.02 Å². The van der Waals surface area contributed by atoms with E-state index >= 15 is 0 Å². The van der Waals surface area contributed by atoms with Crippen LogP contribution in [0.5, 0.6) is 11.5 Å². The minimum absolute atomic E-state index is 0.0571. The Hall–Kier alpha value is -3.84. The third kappa shape index (κ3) is 3.49. The van der Waals surface area contributed by atoms with Crippen molar-refractivity contribution in [2.24, 2.45) is 0 Å². The van der Waals surface area contributed by atoms with E-state index in [9.17, 15) is 19.1 Å². The second-order valence-corrected chi connectivity index (χ2v) is 8.57. The molecular formula is C26H19ClFNO5. The molecular weight excluding hydrogens is 461 g/mol. The number of amides is 1. The van der Waals surface area contributed by atoms with Crippen molar-refractivity contribution in [3.63, 3.8) is 0 Å². The summed E-state index contributed by atoms with van der Waals surface area (Å²) in [7, 11) is 1.41. The van der Waals surface area contributed by atoms with Crippen LogP contribution in [0, 0.1) is 12.7 Å². The molecule has 0 spiro atoms. The maximum atomic E-state index is 13.6. The number of ether oxygens (including phenoxy) is 1. The highest BCUT2D eigenvalue weighted by Gasteiger charge is 2.43. The first kappa shape index (κ1) is 22.0. The fourth-order valence-corrected chi connectivity index (χ4v) is 4.46. The number of hydrogen-bond acceptors (Lipinski definition) is 5. The van der Waals surface area contributed by atoms with Crippen LogP contribution in [0.15, 0.2) is 63.8 Å². The first-order valence-corrected chi connectivity index (χ1v) is 10.9. The largest absolute Gasteiger partial charge is 0.504 e. The normalized spacial score (nSPS) is 15.1. The second kappa shape index (κ2) is 8.18. The Morgan fingerprint density at radius 2 is 1.85 bits per heavy atom. The third-order valence-corrected chi connectivity index (χ3v) is 6.44. The molecule has 1 atom stereocenters. The summed E-state index contributed by atoms with van der Waals surface area (Å²) in [6.07, 6.45) is 0. The van der Waals surface area contributed by atoms with Gasteiger partial charge in [0.2, 0.25) is 5.76 Å². The summed E-state index contributed by atoms with van der Waals surface area (Å²) < 4.78 is 24.7. The molecule has 1 aliphatic heterocycles. The number of halogens is 2. The quantitative estimate of drug-likeness (QED) is 0.426. The van der Waals surface area contributed by atoms with Gasteiger partial charge < -0.3 is 19.2 Å². The number of hydrogen-bond donors (Lipinski definition) is 1. The van der Waals surface area contributed by atoms with Crippen molar-refractivity contribution in [2.45, 2.75) is 19.5 Å². The van der Waals surface area contributed by atoms with E-state index in [0.717, 1.165) is 0 Å². The second-order valence-electron chi connectivity index (χ2n) is 8.16. The minimum Gasteiger partial charge on any atom is -0.504 e. The van der Waals surface area contributed by atoms with Crippen molar-refractivity contribution in [3.8, 4) is 11.5 Å². The number of phenolic OH excluding ortho intramolecular Hbond substituents is 1. The van der Waals surface area contributed by atoms with Gasteiger partial charge in [-0.1, -0.05) is 29.8 Å². The molecule has 1 aliphatic rings. The summed E-state index contributed by atoms with van der Waals surface area (Å²) in [6, 6.07) is 12.8. The maximum absolute atomic E-state index is 13.6. The van der Waals surface area contributed by atoms with Crippen molar-refractivity contribution in [1.82, 2.24) is 4.90 Å². The molecule has 34 heavy (non-hydrogen) atoms. The number of nitrogens with zero attached hydrogens (tertiary/aromatic N) is 1. The third-order valence-electron chi connectivity index (χ3n) is 6.03. The average molecular weight is 480 g/mol. The first-order valence-electron chi connectivity index (χ1n) is 10.5. The summed E-state index contributed by atoms with van der Waals surface area (Å²) in [5, 5.41) is 10.7. The molecule has 5 rings (SSSR count). The molecule has 0 saturated carbocycles. The monoisotopic (exact) mass is 479 g/mol. The fourth-order valence-electron chi connectivity index (χ4n) is 4.30. The number of phenols is 1. The van der Waals surface area contributed by atoms with E-state index in [1.54, 1.807) is 43.3 Å². The van der Waals surface area contributed by atoms with Crippen LogP contribution in [-0.2, 0) is 6.54 Å². The number of benzene rings is 3. The molecule has 1 amide bonds. The molecule has 8 heteroatoms. The molecule has 3 aromatic carbocycles. The topological polar surface area (TPSA) is 80.0 Å². The highest BCUT2D eigenvalue weighted by molar-refractivity contribution is 6.32. The van der Waals surface area contributed by atoms with E-state index in [0.29, 0.717) is 21.7 Å². The van der Waals surface area contributed by atoms with Gasteiger partial charge in [-0.3, -0.25) is 9.59 Å². The lowest BCUT2D eigenvalue weighted by atomic mass is 9.97. The molecule has 1 aromatic heterocycles. The predicted molar refractivity (Wildman–Crippen MR) is 125 cm³/mol. The van der Waals surface area contributed by atoms with E-state index in [2.05, 4.69) is 0 Å². The number of carbonyl (C=O) groups excluding carboxylic acids is 1. The van der Waals surface area contributed by atoms with Crippen LogP contribution < -0.4 is 10.2 Å². The molecule has 4 aromatic rings. The lowest BCUT2D eigenvalue weighted by molar-refractivity contribution is 0.0714. The van der Waals surface area contributed by atoms with Crippen molar-refractivity contribution in [2.75, 3.05) is 7.11 Å². The van der Waals surface area contributed by atoms with Gasteiger partial charge in [-0.2, -0.15) is 0 Å². The van der Waals surface area contributed by atoms with Crippen molar-refractivity contribution in [3.05, 3.63) is 104 Å². The number of aromatic hydroxyl groups is 1. The standard InChI is InChI=1S/C26H19ClFNO5/c1-13-9-20-17(11-18(13)27)24(31)22-23(15-5-8-19(30)21(10-15)33-2)29(26(32)25(22)34-20)12-14-3-6-16(28)7-4-14/h3-11,23,30H,12H2,1-2H3/t23-/m1/s1. The van der Waals surface area contributed by atoms with Crippen LogP contribution in [0.25, 0.3) is 11.0 Å². The maximum Gasteiger partial charge on any atom is 0.291 e. The molecule has 0 saturated heterocycles. The molecule has 0 bridgehead atoms. The Bertz CT molecular complexity index is 1510. The Morgan fingerprint density at radius 3 is 2.56 bits per heavy atom. The van der Waals surface area contributed by atoms with Gasteiger partial charge in [-0.05, 0) is 60.0 Å². The van der Waals surface area contributed by atoms with Crippen LogP contribution in [-0.4, -0.2) is 23.0 Å². The van der Waals surface area contributed by atoms with Crippen LogP contribution in [0.1, 0.15) is 38.9 Å². The van der Waals surface area contributed by atoms with Gasteiger partial charge in [-0.25, -0.2) is 4.39 Å². The van der Waals surface area contributed by atoms with Gasteiger partial charge in [0.15, 0.2) is 16.9 Å². The van der Waals surface area contributed by atoms with Crippen molar-refractivity contribution in [1.29, 1.82) is 0 Å².